The summed E-state index contributed by atoms with van der Waals surface area (Å²) in [6, 6.07) is 34.4. The Morgan fingerprint density at radius 1 is 0.586 bits per heavy atom. The number of carbonyl (C=O) groups excluding carboxylic acids is 2. The molecule has 2 N–H and O–H groups in total. The number of amides is 2. The van der Waals surface area contributed by atoms with Gasteiger partial charge in [0.1, 0.15) is 39.0 Å². The Labute approximate surface area is 337 Å². The van der Waals surface area contributed by atoms with Crippen molar-refractivity contribution in [3.8, 4) is 0 Å². The number of aromatic nitrogens is 3. The monoisotopic (exact) mass is 819 g/mol. The topological polar surface area (TPSA) is 193 Å². The van der Waals surface area contributed by atoms with Crippen molar-refractivity contribution in [1.82, 2.24) is 4.98 Å². The lowest BCUT2D eigenvalue weighted by Crippen LogP contribution is -2.32. The van der Waals surface area contributed by atoms with Gasteiger partial charge in [0.05, 0.1) is 15.4 Å². The van der Waals surface area contributed by atoms with E-state index in [1.807, 2.05) is 86.9 Å². The van der Waals surface area contributed by atoms with Crippen molar-refractivity contribution in [2.24, 2.45) is 0 Å². The summed E-state index contributed by atoms with van der Waals surface area (Å²) >= 11 is 0. The van der Waals surface area contributed by atoms with E-state index < -0.39 is 20.2 Å². The van der Waals surface area contributed by atoms with Gasteiger partial charge in [0.25, 0.3) is 11.8 Å². The van der Waals surface area contributed by atoms with Gasteiger partial charge in [-0.1, -0.05) is 35.4 Å². The van der Waals surface area contributed by atoms with Crippen LogP contribution in [0.4, 0.5) is 11.4 Å². The van der Waals surface area contributed by atoms with Gasteiger partial charge in [-0.05, 0) is 100 Å². The van der Waals surface area contributed by atoms with Crippen LogP contribution in [0.2, 0.25) is 0 Å². The molecule has 0 saturated heterocycles. The molecule has 2 amide bonds. The van der Waals surface area contributed by atoms with Crippen LogP contribution in [0.5, 0.6) is 0 Å². The van der Waals surface area contributed by atoms with E-state index >= 15 is 0 Å². The fraction of sp³-hybridized carbons (Fsp3) is 0.140. The fourth-order valence-electron chi connectivity index (χ4n) is 5.74. The first-order chi connectivity index (χ1) is 27.5. The number of hydrogen-bond donors (Lipinski definition) is 2. The second-order valence-corrected chi connectivity index (χ2v) is 15.8. The lowest BCUT2D eigenvalue weighted by atomic mass is 10.1. The van der Waals surface area contributed by atoms with E-state index in [0.717, 1.165) is 46.0 Å². The summed E-state index contributed by atoms with van der Waals surface area (Å²) in [5, 5.41) is 7.88. The van der Waals surface area contributed by atoms with Crippen LogP contribution < -0.4 is 19.8 Å². The number of nitrogens with one attached hydrogen (secondary N) is 2. The number of hydrogen-bond acceptors (Lipinski definition) is 9. The van der Waals surface area contributed by atoms with Gasteiger partial charge in [-0.2, -0.15) is 9.13 Å². The Morgan fingerprint density at radius 3 is 1.40 bits per heavy atom. The predicted octanol–water partition coefficient (Wildman–Crippen LogP) is 6.31. The number of benzene rings is 4. The van der Waals surface area contributed by atoms with Gasteiger partial charge in [-0.25, -0.2) is 16.8 Å². The number of aryl methyl sites for hydroxylation is 4. The average Bonchev–Trinajstić information content (AvgIpc) is 3.20. The minimum atomic E-state index is -4.27. The Hall–Kier alpha value is -6.39. The number of anilines is 2. The van der Waals surface area contributed by atoms with Crippen LogP contribution in [-0.4, -0.2) is 42.7 Å². The number of nitrogens with zero attached hydrogens (tertiary/aromatic N) is 3. The zero-order valence-electron chi connectivity index (χ0n) is 32.1. The molecule has 15 heteroatoms. The zero-order chi connectivity index (χ0) is 42.0. The van der Waals surface area contributed by atoms with Crippen LogP contribution in [0.25, 0.3) is 21.8 Å². The highest BCUT2D eigenvalue weighted by atomic mass is 32.2. The van der Waals surface area contributed by atoms with Gasteiger partial charge < -0.3 is 19.7 Å². The zero-order valence-corrected chi connectivity index (χ0v) is 33.8. The Morgan fingerprint density at radius 2 is 1.02 bits per heavy atom. The van der Waals surface area contributed by atoms with Crippen molar-refractivity contribution in [1.29, 1.82) is 0 Å². The second kappa shape index (κ2) is 18.7. The summed E-state index contributed by atoms with van der Waals surface area (Å²) < 4.78 is 66.6. The maximum Gasteiger partial charge on any atom is 0.274 e. The molecule has 0 saturated carbocycles. The van der Waals surface area contributed by atoms with Crippen LogP contribution >= 0.6 is 0 Å². The van der Waals surface area contributed by atoms with Gasteiger partial charge in [0, 0.05) is 52.6 Å². The molecule has 0 unspecified atom stereocenters. The molecular formula is C43H41N5O8S2. The Balaban J connectivity index is 0.000000236. The van der Waals surface area contributed by atoms with Crippen molar-refractivity contribution >= 4 is 65.2 Å². The smallest absolute Gasteiger partial charge is 0.274 e. The molecule has 0 bridgehead atoms. The van der Waals surface area contributed by atoms with Crippen molar-refractivity contribution in [2.45, 2.75) is 50.6 Å². The maximum atomic E-state index is 12.8. The highest BCUT2D eigenvalue weighted by Crippen LogP contribution is 2.19. The average molecular weight is 820 g/mol. The summed E-state index contributed by atoms with van der Waals surface area (Å²) in [6.07, 6.45) is 5.48. The summed E-state index contributed by atoms with van der Waals surface area (Å²) in [6.45, 7) is 9.56. The van der Waals surface area contributed by atoms with E-state index in [0.29, 0.717) is 16.9 Å². The Bertz CT molecular complexity index is 2600. The van der Waals surface area contributed by atoms with Crippen molar-refractivity contribution in [3.63, 3.8) is 0 Å². The summed E-state index contributed by atoms with van der Waals surface area (Å²) in [7, 11) is -8.54. The third-order valence-electron chi connectivity index (χ3n) is 8.83. The molecule has 0 aliphatic carbocycles. The Kier molecular flexibility index (Phi) is 13.8. The SMILES string of the molecule is CC[n+]1cccc2cc(NC(=O)c3ccc(C(=O)Nc4ccc5c(ccc[n+]5CC)c4)nc3)ccc21.Cc1ccc(S(=O)(=O)[O-])cc1.Cc1ccc(S(=O)(=O)[O-])cc1. The van der Waals surface area contributed by atoms with Crippen molar-refractivity contribution in [3.05, 3.63) is 162 Å². The largest absolute Gasteiger partial charge is 0.744 e. The lowest BCUT2D eigenvalue weighted by molar-refractivity contribution is -0.668. The van der Waals surface area contributed by atoms with E-state index in [1.54, 1.807) is 36.4 Å². The van der Waals surface area contributed by atoms with Crippen LogP contribution in [0.15, 0.2) is 150 Å². The van der Waals surface area contributed by atoms with E-state index in [-0.39, 0.29) is 27.3 Å². The molecule has 7 aromatic rings. The third kappa shape index (κ3) is 11.4. The van der Waals surface area contributed by atoms with Gasteiger partial charge in [-0.3, -0.25) is 14.6 Å². The van der Waals surface area contributed by atoms with Crippen LogP contribution in [0.1, 0.15) is 45.8 Å². The summed E-state index contributed by atoms with van der Waals surface area (Å²) in [4.78, 5) is 29.4. The molecule has 0 spiro atoms. The number of carbonyl (C=O) groups is 2. The summed E-state index contributed by atoms with van der Waals surface area (Å²) in [5.41, 5.74) is 6.05. The molecule has 3 heterocycles. The van der Waals surface area contributed by atoms with Crippen molar-refractivity contribution in [2.75, 3.05) is 10.6 Å². The molecule has 0 aliphatic rings. The van der Waals surface area contributed by atoms with Gasteiger partial charge in [0.2, 0.25) is 11.0 Å². The van der Waals surface area contributed by atoms with Gasteiger partial charge in [0.15, 0.2) is 12.4 Å². The van der Waals surface area contributed by atoms with Crippen LogP contribution in [0.3, 0.4) is 0 Å². The quantitative estimate of drug-likeness (QED) is 0.131. The highest BCUT2D eigenvalue weighted by Gasteiger charge is 2.14. The third-order valence-corrected chi connectivity index (χ3v) is 10.5. The first kappa shape index (κ1) is 42.7. The van der Waals surface area contributed by atoms with Crippen LogP contribution in [0, 0.1) is 13.8 Å². The lowest BCUT2D eigenvalue weighted by Gasteiger charge is -2.08. The minimum Gasteiger partial charge on any atom is -0.744 e. The number of rotatable bonds is 8. The molecule has 7 rings (SSSR count). The van der Waals surface area contributed by atoms with E-state index in [4.69, 9.17) is 0 Å². The maximum absolute atomic E-state index is 12.8. The minimum absolute atomic E-state index is 0.178. The molecule has 0 radical (unpaired) electrons. The number of pyridine rings is 3. The molecule has 4 aromatic carbocycles. The number of fused-ring (bicyclic) bond motifs is 2. The first-order valence-electron chi connectivity index (χ1n) is 18.0. The van der Waals surface area contributed by atoms with Gasteiger partial charge >= 0.3 is 0 Å². The van der Waals surface area contributed by atoms with E-state index in [9.17, 15) is 35.5 Å². The van der Waals surface area contributed by atoms with E-state index in [2.05, 4.69) is 38.6 Å². The first-order valence-corrected chi connectivity index (χ1v) is 20.9. The molecule has 58 heavy (non-hydrogen) atoms. The second-order valence-electron chi connectivity index (χ2n) is 13.0. The molecule has 13 nitrogen and oxygen atoms in total. The highest BCUT2D eigenvalue weighted by molar-refractivity contribution is 7.86. The molecule has 0 aliphatic heterocycles. The standard InChI is InChI=1S/C29H25N5O2.2C7H8O3S/c1-3-33-15-5-7-20-17-23(10-13-26(20)33)31-28(35)22-9-12-25(30-19-22)29(36)32-24-11-14-27-21(18-24)8-6-16-34(27)4-2;2*1-6-2-4-7(5-3-6)11(8,9)10/h5-19H,3-4H2,1-2H3;2*2-5H,1H3,(H,8,9,10). The molecule has 3 aromatic heterocycles. The summed E-state index contributed by atoms with van der Waals surface area (Å²) in [5.74, 6) is -0.619. The molecule has 0 atom stereocenters. The fourth-order valence-corrected chi connectivity index (χ4v) is 6.68. The van der Waals surface area contributed by atoms with Crippen LogP contribution in [-0.2, 0) is 33.3 Å². The molecule has 0 fully saturated rings. The normalized spacial score (nSPS) is 11.1. The van der Waals surface area contributed by atoms with Crippen molar-refractivity contribution < 1.29 is 44.7 Å². The molecule has 298 valence electrons. The predicted molar refractivity (Wildman–Crippen MR) is 218 cm³/mol. The van der Waals surface area contributed by atoms with Gasteiger partial charge in [-0.15, -0.1) is 0 Å². The molecular weight excluding hydrogens is 779 g/mol. The van der Waals surface area contributed by atoms with E-state index in [1.165, 1.54) is 30.5 Å².